The third-order valence-corrected chi connectivity index (χ3v) is 19.2. The molecule has 36 heteroatoms. The highest BCUT2D eigenvalue weighted by Crippen LogP contribution is 2.59. The quantitative estimate of drug-likeness (QED) is 0.0186. The summed E-state index contributed by atoms with van der Waals surface area (Å²) in [6.45, 7) is 4.45. The zero-order valence-corrected chi connectivity index (χ0v) is 57.3. The monoisotopic (exact) mass is 1480 g/mol. The zero-order valence-electron chi connectivity index (χ0n) is 55.5. The van der Waals surface area contributed by atoms with Crippen molar-refractivity contribution in [2.45, 2.75) is 210 Å². The summed E-state index contributed by atoms with van der Waals surface area (Å²) in [5.41, 5.74) is -5.32. The first-order chi connectivity index (χ1) is 44.5. The number of hydrogen-bond acceptors (Lipinski definition) is 14. The molecule has 0 spiro atoms. The molecule has 1 aromatic heterocycles. The third-order valence-electron chi connectivity index (χ3n) is 16.6. The number of ether oxygens (including phenoxy) is 5. The Labute approximate surface area is 557 Å². The van der Waals surface area contributed by atoms with E-state index < -0.39 is 210 Å². The number of nitrogens with zero attached hydrogens (tertiary/aromatic N) is 3. The van der Waals surface area contributed by atoms with Crippen molar-refractivity contribution in [3.8, 4) is 11.4 Å². The van der Waals surface area contributed by atoms with Crippen LogP contribution in [-0.2, 0) is 54.1 Å². The summed E-state index contributed by atoms with van der Waals surface area (Å²) in [6.07, 6.45) is -8.86. The molecule has 0 fully saturated rings. The van der Waals surface area contributed by atoms with Crippen LogP contribution in [0.15, 0.2) is 42.5 Å². The van der Waals surface area contributed by atoms with Gasteiger partial charge >= 0.3 is 89.1 Å². The van der Waals surface area contributed by atoms with Crippen LogP contribution < -0.4 is 0 Å². The van der Waals surface area contributed by atoms with Crippen molar-refractivity contribution in [3.63, 3.8) is 0 Å². The summed E-state index contributed by atoms with van der Waals surface area (Å²) in [5.74, 6) is -81.0. The van der Waals surface area contributed by atoms with E-state index in [0.717, 1.165) is 18.6 Å². The maximum absolute atomic E-state index is 15.2. The Morgan fingerprint density at radius 1 is 0.510 bits per heavy atom. The topological polar surface area (TPSA) is 182 Å². The van der Waals surface area contributed by atoms with Crippen LogP contribution in [0.4, 0.5) is 87.8 Å². The number of benzene rings is 2. The number of phenolic OH excluding ortho intramolecular Hbond substituents is 1. The number of fused-ring (bicyclic) bond motifs is 1. The lowest BCUT2D eigenvalue weighted by atomic mass is 9.67. The first-order valence-electron chi connectivity index (χ1n) is 30.7. The van der Waals surface area contributed by atoms with Crippen molar-refractivity contribution in [3.05, 3.63) is 48.0 Å². The maximum Gasteiger partial charge on any atom is 0.384 e. The van der Waals surface area contributed by atoms with Crippen LogP contribution >= 0.6 is 11.8 Å². The minimum Gasteiger partial charge on any atom is -0.506 e. The Morgan fingerprint density at radius 3 is 1.32 bits per heavy atom. The van der Waals surface area contributed by atoms with Crippen molar-refractivity contribution in [1.82, 2.24) is 15.0 Å². The third kappa shape index (κ3) is 20.0. The maximum atomic E-state index is 15.2. The van der Waals surface area contributed by atoms with Crippen molar-refractivity contribution >= 4 is 60.7 Å². The molecule has 0 amide bonds. The van der Waals surface area contributed by atoms with Gasteiger partial charge in [-0.3, -0.25) is 24.0 Å². The summed E-state index contributed by atoms with van der Waals surface area (Å²) < 4.78 is 316. The largest absolute Gasteiger partial charge is 0.506 e. The smallest absolute Gasteiger partial charge is 0.384 e. The lowest BCUT2D eigenvalue weighted by Crippen LogP contribution is -2.66. The molecule has 14 nitrogen and oxygen atoms in total. The standard InChI is InChI=1S/C62H81F20N3O11SSi/c1-12-23-51(4,48(90)95-27-17-32-98(9,10)11)35-40(46(88)93-30-25-56(69,70)60(77,78)62(81,82)58(73,74)54(7,65)66)37-52(5,49(91)94-26-16-31-97-8)36-39(45(87)92-29-24-55(67,68)59(75,76)61(79,80)57(71,72)53(6,63)64)34-50(3,13-2)47(89)96-28-22-38-20-21-44(86)43(33-38)85-83-41-18-14-15-19-42(41)84-85/h14-15,18-21,33,39-40,86H,12-13,16-17,22-32,34-37H2,1-11H3. The molecule has 0 saturated carbocycles. The zero-order chi connectivity index (χ0) is 75.5. The second-order valence-electron chi connectivity index (χ2n) is 26.4. The Bertz CT molecular complexity index is 3150. The lowest BCUT2D eigenvalue weighted by Gasteiger charge is -2.39. The Hall–Kier alpha value is -5.84. The van der Waals surface area contributed by atoms with Gasteiger partial charge in [-0.25, -0.2) is 0 Å². The summed E-state index contributed by atoms with van der Waals surface area (Å²) >= 11 is 1.22. The van der Waals surface area contributed by atoms with E-state index in [1.807, 2.05) is 19.6 Å². The minimum atomic E-state index is -7.52. The van der Waals surface area contributed by atoms with Gasteiger partial charge in [0.25, 0.3) is 0 Å². The number of rotatable bonds is 42. The predicted molar refractivity (Wildman–Crippen MR) is 320 cm³/mol. The second kappa shape index (κ2) is 32.4. The van der Waals surface area contributed by atoms with E-state index >= 15 is 17.6 Å². The van der Waals surface area contributed by atoms with Crippen LogP contribution in [0.25, 0.3) is 16.7 Å². The fraction of sp³-hybridized carbons (Fsp3) is 0.726. The number of aromatic hydroxyl groups is 1. The van der Waals surface area contributed by atoms with Gasteiger partial charge < -0.3 is 28.8 Å². The number of thioether (sulfide) groups is 1. The Kier molecular flexibility index (Phi) is 28.6. The van der Waals surface area contributed by atoms with Gasteiger partial charge in [-0.1, -0.05) is 64.2 Å². The van der Waals surface area contributed by atoms with Gasteiger partial charge in [0.05, 0.1) is 74.0 Å². The Morgan fingerprint density at radius 2 is 0.908 bits per heavy atom. The number of carbonyl (C=O) groups is 5. The van der Waals surface area contributed by atoms with Gasteiger partial charge in [0.1, 0.15) is 22.5 Å². The molecular formula is C62H81F20N3O11SSi. The van der Waals surface area contributed by atoms with E-state index in [1.54, 1.807) is 30.5 Å². The summed E-state index contributed by atoms with van der Waals surface area (Å²) in [5, 5.41) is 19.3. The SMILES string of the molecule is CCCC(C)(CC(CC(C)(CC(CC(C)(CC)C(=O)OCCc1ccc(O)c(-n2nc3ccccc3n2)c1)C(=O)OCCC(F)(F)C(F)(F)C(F)(F)C(F)(F)C(C)(F)F)C(=O)OCCCSC)C(=O)OCCC(F)(F)C(F)(F)C(F)(F)C(F)(F)C(C)(F)F)C(=O)OCCC[Si](C)(C)C. The number of carbonyl (C=O) groups excluding carboxylic acids is 5. The molecule has 5 unspecified atom stereocenters. The van der Waals surface area contributed by atoms with Gasteiger partial charge in [-0.05, 0) is 114 Å². The molecule has 0 bridgehead atoms. The normalized spacial score (nSPS) is 16.1. The first kappa shape index (κ1) is 86.4. The second-order valence-corrected chi connectivity index (χ2v) is 33.0. The molecule has 5 atom stereocenters. The van der Waals surface area contributed by atoms with E-state index in [0.29, 0.717) is 29.1 Å². The molecule has 0 aliphatic rings. The van der Waals surface area contributed by atoms with Gasteiger partial charge in [0, 0.05) is 28.3 Å². The van der Waals surface area contributed by atoms with Crippen molar-refractivity contribution in [2.75, 3.05) is 45.0 Å². The van der Waals surface area contributed by atoms with E-state index in [-0.39, 0.29) is 49.5 Å². The van der Waals surface area contributed by atoms with Crippen LogP contribution in [0.1, 0.15) is 125 Å². The number of hydrogen-bond donors (Lipinski definition) is 1. The highest BCUT2D eigenvalue weighted by atomic mass is 32.2. The molecule has 3 aromatic rings. The molecule has 0 aliphatic heterocycles. The van der Waals surface area contributed by atoms with Crippen molar-refractivity contribution in [2.24, 2.45) is 28.1 Å². The molecule has 1 heterocycles. The number of alkyl halides is 20. The molecule has 0 radical (unpaired) electrons. The highest BCUT2D eigenvalue weighted by Gasteiger charge is 2.86. The van der Waals surface area contributed by atoms with Crippen LogP contribution in [0.3, 0.4) is 0 Å². The minimum absolute atomic E-state index is 0.0277. The lowest BCUT2D eigenvalue weighted by molar-refractivity contribution is -0.399. The summed E-state index contributed by atoms with van der Waals surface area (Å²) in [7, 11) is -1.79. The van der Waals surface area contributed by atoms with E-state index in [1.165, 1.54) is 50.7 Å². The molecule has 560 valence electrons. The molecule has 98 heavy (non-hydrogen) atoms. The van der Waals surface area contributed by atoms with Gasteiger partial charge in [-0.15, -0.1) is 15.0 Å². The Balaban J connectivity index is 2.28. The average Bonchev–Trinajstić information content (AvgIpc) is 0.858. The van der Waals surface area contributed by atoms with Gasteiger partial charge in [-0.2, -0.15) is 99.6 Å². The highest BCUT2D eigenvalue weighted by molar-refractivity contribution is 7.98. The van der Waals surface area contributed by atoms with Crippen LogP contribution in [0, 0.1) is 28.1 Å². The predicted octanol–water partition coefficient (Wildman–Crippen LogP) is 17.1. The van der Waals surface area contributed by atoms with E-state index in [4.69, 9.17) is 23.7 Å². The van der Waals surface area contributed by atoms with Crippen molar-refractivity contribution < 1.29 is 141 Å². The van der Waals surface area contributed by atoms with Crippen LogP contribution in [0.2, 0.25) is 25.7 Å². The number of phenols is 1. The van der Waals surface area contributed by atoms with E-state index in [9.17, 15) is 99.3 Å². The van der Waals surface area contributed by atoms with Gasteiger partial charge in [0.2, 0.25) is 0 Å². The van der Waals surface area contributed by atoms with Crippen LogP contribution in [-0.4, -0.2) is 162 Å². The number of halogens is 20. The molecule has 0 aliphatic carbocycles. The average molecular weight is 1480 g/mol. The fourth-order valence-corrected chi connectivity index (χ4v) is 12.0. The van der Waals surface area contributed by atoms with Crippen LogP contribution in [0.5, 0.6) is 5.75 Å². The number of aromatic nitrogens is 3. The van der Waals surface area contributed by atoms with Gasteiger partial charge in [0.15, 0.2) is 0 Å². The van der Waals surface area contributed by atoms with E-state index in [2.05, 4.69) is 10.2 Å². The van der Waals surface area contributed by atoms with Crippen molar-refractivity contribution in [1.29, 1.82) is 0 Å². The molecule has 1 N–H and O–H groups in total. The molecular weight excluding hydrogens is 1400 g/mol. The number of esters is 5. The molecule has 0 saturated heterocycles. The summed E-state index contributed by atoms with van der Waals surface area (Å²) in [6, 6.07) is 11.3. The molecule has 2 aromatic carbocycles. The summed E-state index contributed by atoms with van der Waals surface area (Å²) in [4.78, 5) is 73.4. The first-order valence-corrected chi connectivity index (χ1v) is 35.8. The fourth-order valence-electron chi connectivity index (χ4n) is 10.4. The molecule has 3 rings (SSSR count).